The minimum Gasteiger partial charge on any atom is -0.480 e. The Morgan fingerprint density at radius 2 is 1.63 bits per heavy atom. The molecule has 1 aromatic rings. The zero-order valence-corrected chi connectivity index (χ0v) is 21.8. The molecule has 0 fully saturated rings. The summed E-state index contributed by atoms with van der Waals surface area (Å²) in [5.41, 5.74) is 1.93. The minimum atomic E-state index is -1.01. The molecule has 35 heavy (non-hydrogen) atoms. The van der Waals surface area contributed by atoms with Crippen molar-refractivity contribution < 1.29 is 24.2 Å². The van der Waals surface area contributed by atoms with E-state index in [0.29, 0.717) is 19.6 Å². The van der Waals surface area contributed by atoms with E-state index >= 15 is 0 Å². The van der Waals surface area contributed by atoms with Crippen LogP contribution in [0.25, 0.3) is 0 Å². The normalized spacial score (nSPS) is 15.9. The highest BCUT2D eigenvalue weighted by molar-refractivity contribution is 5.84. The second-order valence-corrected chi connectivity index (χ2v) is 9.49. The maximum absolute atomic E-state index is 13.5. The van der Waals surface area contributed by atoms with E-state index in [4.69, 9.17) is 4.74 Å². The summed E-state index contributed by atoms with van der Waals surface area (Å²) in [6, 6.07) is 6.41. The van der Waals surface area contributed by atoms with Gasteiger partial charge in [-0.05, 0) is 31.4 Å². The number of urea groups is 1. The molecule has 1 aliphatic heterocycles. The van der Waals surface area contributed by atoms with Crippen LogP contribution in [0.5, 0.6) is 0 Å². The molecule has 0 unspecified atom stereocenters. The van der Waals surface area contributed by atoms with Crippen molar-refractivity contribution in [3.63, 3.8) is 0 Å². The van der Waals surface area contributed by atoms with Gasteiger partial charge in [-0.15, -0.1) is 0 Å². The quantitative estimate of drug-likeness (QED) is 0.255. The maximum Gasteiger partial charge on any atom is 0.326 e. The zero-order chi connectivity index (χ0) is 25.6. The summed E-state index contributed by atoms with van der Waals surface area (Å²) in [5, 5.41) is 9.83. The minimum absolute atomic E-state index is 0.245. The standard InChI is InChI=1S/C28H44N2O5/c1-4-7-8-9-10-11-12-13-18-24(27(33)35-6-3)20-29(5-2)28(34)30-21-23-17-15-14-16-22(23)19-25(30)26(31)32/h14-17,24-25H,4-13,18-21H2,1-3H3,(H,31,32)/t24-,25+/m1/s1. The third kappa shape index (κ3) is 8.86. The van der Waals surface area contributed by atoms with Gasteiger partial charge in [0, 0.05) is 26.1 Å². The van der Waals surface area contributed by atoms with E-state index in [1.54, 1.807) is 11.8 Å². The third-order valence-electron chi connectivity index (χ3n) is 6.90. The van der Waals surface area contributed by atoms with Gasteiger partial charge in [0.25, 0.3) is 0 Å². The lowest BCUT2D eigenvalue weighted by Gasteiger charge is -2.38. The van der Waals surface area contributed by atoms with Crippen molar-refractivity contribution in [2.45, 2.75) is 97.6 Å². The van der Waals surface area contributed by atoms with Gasteiger partial charge in [-0.3, -0.25) is 4.79 Å². The lowest BCUT2D eigenvalue weighted by Crippen LogP contribution is -2.54. The number of fused-ring (bicyclic) bond motifs is 1. The Balaban J connectivity index is 2.01. The van der Waals surface area contributed by atoms with Gasteiger partial charge in [-0.25, -0.2) is 9.59 Å². The second kappa shape index (κ2) is 15.4. The Kier molecular flexibility index (Phi) is 12.6. The number of rotatable bonds is 15. The Hall–Kier alpha value is -2.57. The van der Waals surface area contributed by atoms with E-state index in [1.807, 2.05) is 31.2 Å². The number of benzene rings is 1. The smallest absolute Gasteiger partial charge is 0.326 e. The molecule has 0 saturated heterocycles. The van der Waals surface area contributed by atoms with Crippen molar-refractivity contribution in [1.82, 2.24) is 9.80 Å². The summed E-state index contributed by atoms with van der Waals surface area (Å²) in [7, 11) is 0. The first kappa shape index (κ1) is 28.7. The number of carboxylic acid groups (broad SMARTS) is 1. The van der Waals surface area contributed by atoms with Crippen molar-refractivity contribution in [2.24, 2.45) is 5.92 Å². The molecule has 0 aromatic heterocycles. The highest BCUT2D eigenvalue weighted by Gasteiger charge is 2.37. The molecule has 2 rings (SSSR count). The van der Waals surface area contributed by atoms with E-state index in [1.165, 1.54) is 37.0 Å². The average Bonchev–Trinajstić information content (AvgIpc) is 2.86. The molecule has 2 amide bonds. The molecule has 0 spiro atoms. The van der Waals surface area contributed by atoms with Gasteiger partial charge in [-0.2, -0.15) is 0 Å². The highest BCUT2D eigenvalue weighted by Crippen LogP contribution is 2.25. The average molecular weight is 489 g/mol. The molecular formula is C28H44N2O5. The van der Waals surface area contributed by atoms with Crippen LogP contribution >= 0.6 is 0 Å². The van der Waals surface area contributed by atoms with Crippen LogP contribution in [0.3, 0.4) is 0 Å². The van der Waals surface area contributed by atoms with E-state index in [0.717, 1.165) is 30.4 Å². The summed E-state index contributed by atoms with van der Waals surface area (Å²) in [4.78, 5) is 41.3. The fourth-order valence-electron chi connectivity index (χ4n) is 4.80. The Morgan fingerprint density at radius 3 is 2.23 bits per heavy atom. The fourth-order valence-corrected chi connectivity index (χ4v) is 4.80. The number of ether oxygens (including phenoxy) is 1. The zero-order valence-electron chi connectivity index (χ0n) is 21.8. The van der Waals surface area contributed by atoms with Gasteiger partial charge in [0.1, 0.15) is 6.04 Å². The van der Waals surface area contributed by atoms with Crippen molar-refractivity contribution in [2.75, 3.05) is 19.7 Å². The number of esters is 1. The lowest BCUT2D eigenvalue weighted by molar-refractivity contribution is -0.149. The van der Waals surface area contributed by atoms with Gasteiger partial charge in [0.15, 0.2) is 0 Å². The molecule has 1 N–H and O–H groups in total. The van der Waals surface area contributed by atoms with Crippen molar-refractivity contribution in [3.8, 4) is 0 Å². The number of unbranched alkanes of at least 4 members (excludes halogenated alkanes) is 7. The van der Waals surface area contributed by atoms with Gasteiger partial charge in [0.05, 0.1) is 12.5 Å². The predicted molar refractivity (Wildman–Crippen MR) is 137 cm³/mol. The topological polar surface area (TPSA) is 87.2 Å². The predicted octanol–water partition coefficient (Wildman–Crippen LogP) is 5.65. The molecule has 7 nitrogen and oxygen atoms in total. The molecule has 0 saturated carbocycles. The number of hydrogen-bond donors (Lipinski definition) is 1. The molecule has 0 aliphatic carbocycles. The number of carbonyl (C=O) groups is 3. The first-order valence-corrected chi connectivity index (χ1v) is 13.4. The summed E-state index contributed by atoms with van der Waals surface area (Å²) >= 11 is 0. The van der Waals surface area contributed by atoms with Crippen LogP contribution in [0.15, 0.2) is 24.3 Å². The van der Waals surface area contributed by atoms with Crippen LogP contribution in [0.2, 0.25) is 0 Å². The molecule has 1 aliphatic rings. The molecular weight excluding hydrogens is 444 g/mol. The van der Waals surface area contributed by atoms with Gasteiger partial charge < -0.3 is 19.6 Å². The van der Waals surface area contributed by atoms with Crippen LogP contribution < -0.4 is 0 Å². The van der Waals surface area contributed by atoms with Crippen LogP contribution in [-0.4, -0.2) is 58.6 Å². The van der Waals surface area contributed by atoms with Crippen molar-refractivity contribution >= 4 is 18.0 Å². The lowest BCUT2D eigenvalue weighted by atomic mass is 9.94. The molecule has 2 atom stereocenters. The Bertz CT molecular complexity index is 812. The van der Waals surface area contributed by atoms with Gasteiger partial charge in [-0.1, -0.05) is 82.6 Å². The Labute approximate surface area is 210 Å². The third-order valence-corrected chi connectivity index (χ3v) is 6.90. The summed E-state index contributed by atoms with van der Waals surface area (Å²) in [6.07, 6.45) is 10.4. The van der Waals surface area contributed by atoms with Crippen molar-refractivity contribution in [3.05, 3.63) is 35.4 Å². The number of hydrogen-bond acceptors (Lipinski definition) is 4. The highest BCUT2D eigenvalue weighted by atomic mass is 16.5. The van der Waals surface area contributed by atoms with E-state index in [2.05, 4.69) is 6.92 Å². The van der Waals surface area contributed by atoms with Crippen LogP contribution in [-0.2, 0) is 27.3 Å². The fraction of sp³-hybridized carbons (Fsp3) is 0.679. The first-order valence-electron chi connectivity index (χ1n) is 13.4. The maximum atomic E-state index is 13.5. The number of aliphatic carboxylic acids is 1. The largest absolute Gasteiger partial charge is 0.480 e. The molecule has 1 aromatic carbocycles. The molecule has 196 valence electrons. The summed E-state index contributed by atoms with van der Waals surface area (Å²) in [5.74, 6) is -1.69. The van der Waals surface area contributed by atoms with Crippen LogP contribution in [0, 0.1) is 5.92 Å². The van der Waals surface area contributed by atoms with Gasteiger partial charge >= 0.3 is 18.0 Å². The van der Waals surface area contributed by atoms with Crippen molar-refractivity contribution in [1.29, 1.82) is 0 Å². The summed E-state index contributed by atoms with van der Waals surface area (Å²) in [6.45, 7) is 7.07. The number of carboxylic acids is 1. The molecule has 0 bridgehead atoms. The van der Waals surface area contributed by atoms with E-state index in [9.17, 15) is 19.5 Å². The van der Waals surface area contributed by atoms with Crippen LogP contribution in [0.1, 0.15) is 89.7 Å². The number of carbonyl (C=O) groups excluding carboxylic acids is 2. The Morgan fingerprint density at radius 1 is 1.00 bits per heavy atom. The van der Waals surface area contributed by atoms with Gasteiger partial charge in [0.2, 0.25) is 0 Å². The van der Waals surface area contributed by atoms with E-state index in [-0.39, 0.29) is 31.5 Å². The first-order chi connectivity index (χ1) is 16.9. The molecule has 1 heterocycles. The summed E-state index contributed by atoms with van der Waals surface area (Å²) < 4.78 is 5.32. The molecule has 7 heteroatoms. The SMILES string of the molecule is CCCCCCCCCC[C@H](CN(CC)C(=O)N1Cc2ccccc2C[C@H]1C(=O)O)C(=O)OCC. The molecule has 0 radical (unpaired) electrons. The number of amides is 2. The second-order valence-electron chi connectivity index (χ2n) is 9.49. The number of nitrogens with zero attached hydrogens (tertiary/aromatic N) is 2. The monoisotopic (exact) mass is 488 g/mol. The van der Waals surface area contributed by atoms with Crippen LogP contribution in [0.4, 0.5) is 4.79 Å². The van der Waals surface area contributed by atoms with E-state index < -0.39 is 17.9 Å².